The standard InChI is InChI=1S/C11H14N4O2/c1-3-15-5-4-12-10(11(15)16)13-7-9-6-8(2)17-14-9/h4-6H,3,7H2,1-2H3,(H,12,13). The first kappa shape index (κ1) is 11.4. The molecule has 0 fully saturated rings. The van der Waals surface area contributed by atoms with Crippen molar-refractivity contribution in [1.82, 2.24) is 14.7 Å². The largest absolute Gasteiger partial charge is 0.361 e. The van der Waals surface area contributed by atoms with Gasteiger partial charge in [-0.1, -0.05) is 5.16 Å². The van der Waals surface area contributed by atoms with Gasteiger partial charge in [0.25, 0.3) is 5.56 Å². The van der Waals surface area contributed by atoms with Gasteiger partial charge in [-0.25, -0.2) is 4.98 Å². The molecule has 0 saturated carbocycles. The van der Waals surface area contributed by atoms with E-state index in [-0.39, 0.29) is 5.56 Å². The number of anilines is 1. The number of nitrogens with zero attached hydrogens (tertiary/aromatic N) is 3. The average Bonchev–Trinajstić information content (AvgIpc) is 2.74. The van der Waals surface area contributed by atoms with E-state index in [2.05, 4.69) is 15.5 Å². The van der Waals surface area contributed by atoms with Crippen molar-refractivity contribution in [2.24, 2.45) is 0 Å². The summed E-state index contributed by atoms with van der Waals surface area (Å²) in [6, 6.07) is 1.81. The molecule has 6 heteroatoms. The van der Waals surface area contributed by atoms with Crippen LogP contribution in [0.25, 0.3) is 0 Å². The molecular weight excluding hydrogens is 220 g/mol. The molecule has 2 aromatic rings. The van der Waals surface area contributed by atoms with Gasteiger partial charge in [-0.05, 0) is 13.8 Å². The molecule has 90 valence electrons. The lowest BCUT2D eigenvalue weighted by Crippen LogP contribution is -2.23. The molecule has 0 amide bonds. The minimum absolute atomic E-state index is 0.129. The maximum Gasteiger partial charge on any atom is 0.293 e. The van der Waals surface area contributed by atoms with E-state index in [0.717, 1.165) is 11.5 Å². The first-order valence-electron chi connectivity index (χ1n) is 5.42. The second-order valence-corrected chi connectivity index (χ2v) is 3.65. The molecule has 0 bridgehead atoms. The van der Waals surface area contributed by atoms with Crippen LogP contribution in [0.15, 0.2) is 27.8 Å². The molecule has 0 unspecified atom stereocenters. The Balaban J connectivity index is 2.11. The van der Waals surface area contributed by atoms with E-state index in [1.165, 1.54) is 0 Å². The van der Waals surface area contributed by atoms with Crippen LogP contribution in [0.4, 0.5) is 5.82 Å². The minimum atomic E-state index is -0.129. The zero-order valence-electron chi connectivity index (χ0n) is 9.80. The van der Waals surface area contributed by atoms with Gasteiger partial charge in [-0.3, -0.25) is 4.79 Å². The van der Waals surface area contributed by atoms with Crippen LogP contribution in [0.5, 0.6) is 0 Å². The summed E-state index contributed by atoms with van der Waals surface area (Å²) in [7, 11) is 0. The molecule has 2 aromatic heterocycles. The van der Waals surface area contributed by atoms with E-state index in [4.69, 9.17) is 4.52 Å². The molecule has 2 heterocycles. The molecule has 0 spiro atoms. The number of aryl methyl sites for hydroxylation is 2. The van der Waals surface area contributed by atoms with Gasteiger partial charge < -0.3 is 14.4 Å². The third kappa shape index (κ3) is 2.52. The zero-order chi connectivity index (χ0) is 12.3. The van der Waals surface area contributed by atoms with E-state index in [1.54, 1.807) is 17.0 Å². The molecule has 0 aliphatic carbocycles. The van der Waals surface area contributed by atoms with Crippen molar-refractivity contribution in [3.05, 3.63) is 40.3 Å². The topological polar surface area (TPSA) is 73.0 Å². The van der Waals surface area contributed by atoms with Crippen LogP contribution in [-0.2, 0) is 13.1 Å². The molecular formula is C11H14N4O2. The Labute approximate surface area is 98.3 Å². The number of nitrogens with one attached hydrogen (secondary N) is 1. The van der Waals surface area contributed by atoms with Gasteiger partial charge in [0.2, 0.25) is 0 Å². The molecule has 0 saturated heterocycles. The van der Waals surface area contributed by atoms with Crippen molar-refractivity contribution in [1.29, 1.82) is 0 Å². The van der Waals surface area contributed by atoms with Gasteiger partial charge in [0.05, 0.1) is 6.54 Å². The number of hydrogen-bond acceptors (Lipinski definition) is 5. The van der Waals surface area contributed by atoms with E-state index >= 15 is 0 Å². The molecule has 2 rings (SSSR count). The summed E-state index contributed by atoms with van der Waals surface area (Å²) in [6.45, 7) is 4.78. The first-order chi connectivity index (χ1) is 8.20. The van der Waals surface area contributed by atoms with Crippen LogP contribution in [0.2, 0.25) is 0 Å². The summed E-state index contributed by atoms with van der Waals surface area (Å²) >= 11 is 0. The fraction of sp³-hybridized carbons (Fsp3) is 0.364. The van der Waals surface area contributed by atoms with Crippen molar-refractivity contribution >= 4 is 5.82 Å². The van der Waals surface area contributed by atoms with Crippen LogP contribution in [0.1, 0.15) is 18.4 Å². The highest BCUT2D eigenvalue weighted by Crippen LogP contribution is 2.03. The Morgan fingerprint density at radius 1 is 1.53 bits per heavy atom. The average molecular weight is 234 g/mol. The Kier molecular flexibility index (Phi) is 3.22. The third-order valence-electron chi connectivity index (χ3n) is 2.37. The maximum absolute atomic E-state index is 11.8. The number of hydrogen-bond donors (Lipinski definition) is 1. The summed E-state index contributed by atoms with van der Waals surface area (Å²) < 4.78 is 6.52. The van der Waals surface area contributed by atoms with Gasteiger partial charge in [0.1, 0.15) is 11.5 Å². The fourth-order valence-corrected chi connectivity index (χ4v) is 1.49. The van der Waals surface area contributed by atoms with Gasteiger partial charge in [-0.15, -0.1) is 0 Å². The Bertz CT molecular complexity index is 559. The fourth-order valence-electron chi connectivity index (χ4n) is 1.49. The van der Waals surface area contributed by atoms with Gasteiger partial charge in [0, 0.05) is 25.0 Å². The predicted octanol–water partition coefficient (Wildman–Crippen LogP) is 1.17. The molecule has 1 N–H and O–H groups in total. The molecule has 0 atom stereocenters. The highest BCUT2D eigenvalue weighted by Gasteiger charge is 2.05. The summed E-state index contributed by atoms with van der Waals surface area (Å²) in [5.74, 6) is 1.07. The Hall–Kier alpha value is -2.11. The van der Waals surface area contributed by atoms with Crippen LogP contribution >= 0.6 is 0 Å². The van der Waals surface area contributed by atoms with E-state index in [1.807, 2.05) is 19.9 Å². The van der Waals surface area contributed by atoms with Gasteiger partial charge >= 0.3 is 0 Å². The summed E-state index contributed by atoms with van der Waals surface area (Å²) in [5.41, 5.74) is 0.616. The highest BCUT2D eigenvalue weighted by atomic mass is 16.5. The third-order valence-corrected chi connectivity index (χ3v) is 2.37. The first-order valence-corrected chi connectivity index (χ1v) is 5.42. The van der Waals surface area contributed by atoms with Crippen LogP contribution in [0, 0.1) is 6.92 Å². The molecule has 0 radical (unpaired) electrons. The quantitative estimate of drug-likeness (QED) is 0.859. The smallest absolute Gasteiger partial charge is 0.293 e. The maximum atomic E-state index is 11.8. The van der Waals surface area contributed by atoms with E-state index < -0.39 is 0 Å². The van der Waals surface area contributed by atoms with Crippen molar-refractivity contribution in [3.8, 4) is 0 Å². The van der Waals surface area contributed by atoms with Gasteiger partial charge in [0.15, 0.2) is 5.82 Å². The van der Waals surface area contributed by atoms with Gasteiger partial charge in [-0.2, -0.15) is 0 Å². The summed E-state index contributed by atoms with van der Waals surface area (Å²) in [5, 5.41) is 6.78. The SMILES string of the molecule is CCn1ccnc(NCc2cc(C)on2)c1=O. The molecule has 0 aliphatic heterocycles. The lowest BCUT2D eigenvalue weighted by atomic mass is 10.4. The lowest BCUT2D eigenvalue weighted by Gasteiger charge is -2.05. The minimum Gasteiger partial charge on any atom is -0.361 e. The predicted molar refractivity (Wildman–Crippen MR) is 62.7 cm³/mol. The van der Waals surface area contributed by atoms with Crippen molar-refractivity contribution in [2.75, 3.05) is 5.32 Å². The summed E-state index contributed by atoms with van der Waals surface area (Å²) in [6.07, 6.45) is 3.26. The van der Waals surface area contributed by atoms with Crippen LogP contribution < -0.4 is 10.9 Å². The second-order valence-electron chi connectivity index (χ2n) is 3.65. The van der Waals surface area contributed by atoms with Crippen LogP contribution in [-0.4, -0.2) is 14.7 Å². The number of rotatable bonds is 4. The molecule has 0 aromatic carbocycles. The van der Waals surface area contributed by atoms with Crippen molar-refractivity contribution < 1.29 is 4.52 Å². The highest BCUT2D eigenvalue weighted by molar-refractivity contribution is 5.31. The summed E-state index contributed by atoms with van der Waals surface area (Å²) in [4.78, 5) is 15.8. The van der Waals surface area contributed by atoms with Crippen molar-refractivity contribution in [2.45, 2.75) is 26.9 Å². The zero-order valence-corrected chi connectivity index (χ0v) is 9.80. The van der Waals surface area contributed by atoms with E-state index in [9.17, 15) is 4.79 Å². The Morgan fingerprint density at radius 2 is 2.35 bits per heavy atom. The van der Waals surface area contributed by atoms with Crippen LogP contribution in [0.3, 0.4) is 0 Å². The molecule has 6 nitrogen and oxygen atoms in total. The van der Waals surface area contributed by atoms with E-state index in [0.29, 0.717) is 18.9 Å². The normalized spacial score (nSPS) is 10.5. The van der Waals surface area contributed by atoms with Crippen molar-refractivity contribution in [3.63, 3.8) is 0 Å². The molecule has 17 heavy (non-hydrogen) atoms. The second kappa shape index (κ2) is 4.82. The Morgan fingerprint density at radius 3 is 3.00 bits per heavy atom. The monoisotopic (exact) mass is 234 g/mol. The lowest BCUT2D eigenvalue weighted by molar-refractivity contribution is 0.391. The number of aromatic nitrogens is 3. The molecule has 0 aliphatic rings.